The second-order valence-corrected chi connectivity index (χ2v) is 8.63. The van der Waals surface area contributed by atoms with Gasteiger partial charge in [-0.3, -0.25) is 0 Å². The Morgan fingerprint density at radius 3 is 1.19 bits per heavy atom. The maximum Gasteiger partial charge on any atom is 0.113 e. The van der Waals surface area contributed by atoms with E-state index in [1.54, 1.807) is 0 Å². The topological polar surface area (TPSA) is 81.0 Å². The van der Waals surface area contributed by atoms with Gasteiger partial charge in [-0.15, -0.1) is 20.5 Å². The quantitative estimate of drug-likeness (QED) is 0.243. The summed E-state index contributed by atoms with van der Waals surface area (Å²) < 4.78 is 0. The van der Waals surface area contributed by atoms with E-state index in [9.17, 15) is 0 Å². The summed E-state index contributed by atoms with van der Waals surface area (Å²) in [6.07, 6.45) is 0. The maximum atomic E-state index is 4.58. The van der Waals surface area contributed by atoms with E-state index in [2.05, 4.69) is 66.8 Å². The van der Waals surface area contributed by atoms with Gasteiger partial charge in [0.25, 0.3) is 0 Å². The summed E-state index contributed by atoms with van der Waals surface area (Å²) in [5, 5.41) is 22.9. The molecule has 2 heterocycles. The average molecular weight is 465 g/mol. The molecule has 0 unspecified atom stereocenters. The van der Waals surface area contributed by atoms with E-state index < -0.39 is 0 Å². The fourth-order valence-corrected chi connectivity index (χ4v) is 4.73. The first-order chi connectivity index (χ1) is 17.8. The molecular weight excluding hydrogens is 444 g/mol. The van der Waals surface area contributed by atoms with E-state index >= 15 is 0 Å². The molecule has 0 radical (unpaired) electrons. The number of hydrogen-bond donors (Lipinski definition) is 2. The van der Waals surface area contributed by atoms with Crippen molar-refractivity contribution < 1.29 is 0 Å². The molecule has 6 nitrogen and oxygen atoms in total. The number of H-pyrrole nitrogens is 2. The third-order valence-corrected chi connectivity index (χ3v) is 6.45. The molecular formula is C30H20N6. The number of aromatic nitrogens is 2. The largest absolute Gasteiger partial charge is 0.353 e. The van der Waals surface area contributed by atoms with Gasteiger partial charge in [-0.05, 0) is 36.4 Å². The number of benzene rings is 5. The fraction of sp³-hybridized carbons (Fsp3) is 0. The van der Waals surface area contributed by atoms with Crippen LogP contribution in [-0.4, -0.2) is 9.97 Å². The Morgan fingerprint density at radius 1 is 0.333 bits per heavy atom. The Labute approximate surface area is 206 Å². The van der Waals surface area contributed by atoms with Crippen molar-refractivity contribution in [1.82, 2.24) is 9.97 Å². The lowest BCUT2D eigenvalue weighted by atomic mass is 10.1. The van der Waals surface area contributed by atoms with Gasteiger partial charge in [-0.1, -0.05) is 72.8 Å². The minimum atomic E-state index is 0.651. The second-order valence-electron chi connectivity index (χ2n) is 8.63. The molecule has 170 valence electrons. The van der Waals surface area contributed by atoms with E-state index in [0.29, 0.717) is 11.4 Å². The van der Waals surface area contributed by atoms with Crippen LogP contribution in [-0.2, 0) is 0 Å². The molecule has 6 heteroatoms. The van der Waals surface area contributed by atoms with Crippen molar-refractivity contribution in [3.8, 4) is 0 Å². The molecule has 2 N–H and O–H groups in total. The lowest BCUT2D eigenvalue weighted by Gasteiger charge is -2.00. The normalized spacial score (nSPS) is 12.2. The van der Waals surface area contributed by atoms with E-state index in [1.165, 1.54) is 10.8 Å². The zero-order chi connectivity index (χ0) is 23.9. The number of fused-ring (bicyclic) bond motifs is 6. The molecule has 0 atom stereocenters. The monoisotopic (exact) mass is 464 g/mol. The Kier molecular flexibility index (Phi) is 4.67. The van der Waals surface area contributed by atoms with E-state index in [1.807, 2.05) is 72.8 Å². The highest BCUT2D eigenvalue weighted by Gasteiger charge is 2.09. The molecule has 0 aliphatic rings. The highest BCUT2D eigenvalue weighted by molar-refractivity contribution is 6.11. The number of para-hydroxylation sites is 4. The van der Waals surface area contributed by atoms with Crippen LogP contribution >= 0.6 is 0 Å². The summed E-state index contributed by atoms with van der Waals surface area (Å²) >= 11 is 0. The van der Waals surface area contributed by atoms with Gasteiger partial charge in [0, 0.05) is 32.6 Å². The first-order valence-electron chi connectivity index (χ1n) is 11.8. The van der Waals surface area contributed by atoms with Gasteiger partial charge in [-0.2, -0.15) is 0 Å². The van der Waals surface area contributed by atoms with Crippen LogP contribution in [0.25, 0.3) is 43.6 Å². The standard InChI is InChI=1S/C30H20N6/c1-3-13-23-19(9-1)21-11-7-17-27(29(21)31-23)35-33-25-15-5-6-16-26(25)34-36-28-18-8-12-22-20-10-2-4-14-24(20)32-30(22)28/h1-18,31-32H. The Morgan fingerprint density at radius 2 is 0.694 bits per heavy atom. The Balaban J connectivity index is 1.26. The summed E-state index contributed by atoms with van der Waals surface area (Å²) in [6.45, 7) is 0. The fourth-order valence-electron chi connectivity index (χ4n) is 4.73. The zero-order valence-corrected chi connectivity index (χ0v) is 19.2. The molecule has 0 saturated carbocycles. The summed E-state index contributed by atoms with van der Waals surface area (Å²) in [4.78, 5) is 6.95. The van der Waals surface area contributed by atoms with Crippen LogP contribution in [0.3, 0.4) is 0 Å². The van der Waals surface area contributed by atoms with Gasteiger partial charge in [0.1, 0.15) is 22.7 Å². The third-order valence-electron chi connectivity index (χ3n) is 6.45. The predicted molar refractivity (Wildman–Crippen MR) is 146 cm³/mol. The third kappa shape index (κ3) is 3.35. The molecule has 0 aliphatic heterocycles. The van der Waals surface area contributed by atoms with Crippen molar-refractivity contribution in [1.29, 1.82) is 0 Å². The van der Waals surface area contributed by atoms with Crippen LogP contribution in [0.1, 0.15) is 0 Å². The van der Waals surface area contributed by atoms with Crippen molar-refractivity contribution in [3.63, 3.8) is 0 Å². The van der Waals surface area contributed by atoms with E-state index in [-0.39, 0.29) is 0 Å². The summed E-state index contributed by atoms with van der Waals surface area (Å²) in [7, 11) is 0. The van der Waals surface area contributed by atoms with Crippen LogP contribution in [0.5, 0.6) is 0 Å². The average Bonchev–Trinajstić information content (AvgIpc) is 3.50. The van der Waals surface area contributed by atoms with E-state index in [0.717, 1.165) is 44.2 Å². The van der Waals surface area contributed by atoms with Crippen molar-refractivity contribution in [2.75, 3.05) is 0 Å². The molecule has 7 aromatic rings. The summed E-state index contributed by atoms with van der Waals surface area (Å²) in [5.74, 6) is 0. The summed E-state index contributed by atoms with van der Waals surface area (Å²) in [5.41, 5.74) is 6.94. The lowest BCUT2D eigenvalue weighted by molar-refractivity contribution is 1.19. The molecule has 36 heavy (non-hydrogen) atoms. The molecule has 7 rings (SSSR count). The van der Waals surface area contributed by atoms with Crippen molar-refractivity contribution in [2.45, 2.75) is 0 Å². The molecule has 2 aromatic heterocycles. The first-order valence-corrected chi connectivity index (χ1v) is 11.8. The number of hydrogen-bond acceptors (Lipinski definition) is 4. The first kappa shape index (κ1) is 20.3. The molecule has 0 bridgehead atoms. The van der Waals surface area contributed by atoms with Crippen molar-refractivity contribution >= 4 is 66.4 Å². The van der Waals surface area contributed by atoms with Gasteiger partial charge >= 0.3 is 0 Å². The highest BCUT2D eigenvalue weighted by Crippen LogP contribution is 2.36. The Bertz CT molecular complexity index is 1810. The van der Waals surface area contributed by atoms with Gasteiger partial charge in [0.2, 0.25) is 0 Å². The number of nitrogens with zero attached hydrogens (tertiary/aromatic N) is 4. The smallest absolute Gasteiger partial charge is 0.113 e. The SMILES string of the molecule is c1ccc(N=Nc2cccc3c2[nH]c2ccccc23)c(N=Nc2cccc3c2[nH]c2ccccc23)c1. The molecule has 0 spiro atoms. The van der Waals surface area contributed by atoms with Gasteiger partial charge in [-0.25, -0.2) is 0 Å². The zero-order valence-electron chi connectivity index (χ0n) is 19.2. The van der Waals surface area contributed by atoms with Gasteiger partial charge in [0.15, 0.2) is 0 Å². The number of aromatic amines is 2. The van der Waals surface area contributed by atoms with Crippen molar-refractivity contribution in [3.05, 3.63) is 109 Å². The molecule has 0 amide bonds. The highest BCUT2D eigenvalue weighted by atomic mass is 15.2. The van der Waals surface area contributed by atoms with Crippen molar-refractivity contribution in [2.24, 2.45) is 20.5 Å². The summed E-state index contributed by atoms with van der Waals surface area (Å²) in [6, 6.07) is 36.3. The number of azo groups is 2. The molecule has 0 fully saturated rings. The van der Waals surface area contributed by atoms with E-state index in [4.69, 9.17) is 0 Å². The van der Waals surface area contributed by atoms with Crippen LogP contribution in [0.4, 0.5) is 22.7 Å². The van der Waals surface area contributed by atoms with Crippen LogP contribution < -0.4 is 0 Å². The van der Waals surface area contributed by atoms with Gasteiger partial charge < -0.3 is 9.97 Å². The predicted octanol–water partition coefficient (Wildman–Crippen LogP) is 9.79. The Hall–Kier alpha value is -5.10. The minimum absolute atomic E-state index is 0.651. The van der Waals surface area contributed by atoms with Crippen LogP contribution in [0, 0.1) is 0 Å². The number of rotatable bonds is 4. The number of nitrogens with one attached hydrogen (secondary N) is 2. The molecule has 0 saturated heterocycles. The second kappa shape index (κ2) is 8.29. The van der Waals surface area contributed by atoms with Crippen LogP contribution in [0.2, 0.25) is 0 Å². The van der Waals surface area contributed by atoms with Gasteiger partial charge in [0.05, 0.1) is 11.0 Å². The minimum Gasteiger partial charge on any atom is -0.353 e. The van der Waals surface area contributed by atoms with Crippen LogP contribution in [0.15, 0.2) is 130 Å². The molecule has 0 aliphatic carbocycles. The maximum absolute atomic E-state index is 4.58. The molecule has 5 aromatic carbocycles. The lowest BCUT2D eigenvalue weighted by Crippen LogP contribution is -1.72.